The molecule has 0 aromatic carbocycles. The predicted octanol–water partition coefficient (Wildman–Crippen LogP) is 2.87. The van der Waals surface area contributed by atoms with Crippen LogP contribution in [0.5, 0.6) is 0 Å². The Labute approximate surface area is 106 Å². The summed E-state index contributed by atoms with van der Waals surface area (Å²) in [4.78, 5) is 0. The minimum Gasteiger partial charge on any atom is -0.379 e. The summed E-state index contributed by atoms with van der Waals surface area (Å²) in [5, 5.41) is 0. The Kier molecular flexibility index (Phi) is 6.45. The average Bonchev–Trinajstić information content (AvgIpc) is 2.35. The van der Waals surface area contributed by atoms with Gasteiger partial charge in [-0.1, -0.05) is 0 Å². The highest BCUT2D eigenvalue weighted by Crippen LogP contribution is 2.20. The molecule has 1 rings (SSSR count). The van der Waals surface area contributed by atoms with Crippen molar-refractivity contribution in [2.45, 2.75) is 76.5 Å². The Morgan fingerprint density at radius 2 is 2.12 bits per heavy atom. The van der Waals surface area contributed by atoms with Gasteiger partial charge in [0.05, 0.1) is 11.7 Å². The normalized spacial score (nSPS) is 23.6. The van der Waals surface area contributed by atoms with Gasteiger partial charge in [-0.3, -0.25) is 0 Å². The molecule has 0 saturated carbocycles. The SMILES string of the molecule is COC(C)(C)CCC(N)CCC1CCCCO1. The third-order valence-electron chi connectivity index (χ3n) is 3.80. The molecule has 1 aliphatic heterocycles. The number of hydrogen-bond acceptors (Lipinski definition) is 3. The molecule has 0 aromatic heterocycles. The van der Waals surface area contributed by atoms with E-state index in [2.05, 4.69) is 13.8 Å². The van der Waals surface area contributed by atoms with E-state index in [0.717, 1.165) is 32.3 Å². The zero-order valence-corrected chi connectivity index (χ0v) is 11.7. The molecule has 1 fully saturated rings. The van der Waals surface area contributed by atoms with E-state index in [9.17, 15) is 0 Å². The summed E-state index contributed by atoms with van der Waals surface area (Å²) < 4.78 is 11.1. The van der Waals surface area contributed by atoms with Crippen molar-refractivity contribution in [2.75, 3.05) is 13.7 Å². The first-order valence-corrected chi connectivity index (χ1v) is 6.96. The van der Waals surface area contributed by atoms with Crippen LogP contribution in [0, 0.1) is 0 Å². The zero-order valence-electron chi connectivity index (χ0n) is 11.7. The van der Waals surface area contributed by atoms with Gasteiger partial charge < -0.3 is 15.2 Å². The minimum atomic E-state index is -0.0427. The lowest BCUT2D eigenvalue weighted by molar-refractivity contribution is 0.00476. The smallest absolute Gasteiger partial charge is 0.0623 e. The van der Waals surface area contributed by atoms with Crippen LogP contribution in [0.15, 0.2) is 0 Å². The van der Waals surface area contributed by atoms with E-state index in [4.69, 9.17) is 15.2 Å². The van der Waals surface area contributed by atoms with Gasteiger partial charge in [-0.2, -0.15) is 0 Å². The number of ether oxygens (including phenoxy) is 2. The molecular formula is C14H29NO2. The van der Waals surface area contributed by atoms with Gasteiger partial charge in [0.25, 0.3) is 0 Å². The van der Waals surface area contributed by atoms with Gasteiger partial charge in [-0.15, -0.1) is 0 Å². The van der Waals surface area contributed by atoms with E-state index in [0.29, 0.717) is 6.10 Å². The van der Waals surface area contributed by atoms with E-state index in [1.807, 2.05) is 0 Å². The molecular weight excluding hydrogens is 214 g/mol. The topological polar surface area (TPSA) is 44.5 Å². The van der Waals surface area contributed by atoms with Crippen LogP contribution in [-0.2, 0) is 9.47 Å². The Bertz CT molecular complexity index is 200. The van der Waals surface area contributed by atoms with Crippen molar-refractivity contribution in [1.29, 1.82) is 0 Å². The fourth-order valence-electron chi connectivity index (χ4n) is 2.21. The summed E-state index contributed by atoms with van der Waals surface area (Å²) in [6.45, 7) is 5.17. The summed E-state index contributed by atoms with van der Waals surface area (Å²) in [7, 11) is 1.77. The van der Waals surface area contributed by atoms with Gasteiger partial charge >= 0.3 is 0 Å². The number of rotatable bonds is 7. The van der Waals surface area contributed by atoms with Crippen LogP contribution in [0.1, 0.15) is 58.8 Å². The molecule has 1 heterocycles. The Balaban J connectivity index is 2.10. The summed E-state index contributed by atoms with van der Waals surface area (Å²) in [6.07, 6.45) is 8.48. The van der Waals surface area contributed by atoms with Crippen LogP contribution < -0.4 is 5.73 Å². The molecule has 0 bridgehead atoms. The summed E-state index contributed by atoms with van der Waals surface area (Å²) >= 11 is 0. The van der Waals surface area contributed by atoms with E-state index in [1.54, 1.807) is 7.11 Å². The van der Waals surface area contributed by atoms with E-state index >= 15 is 0 Å². The lowest BCUT2D eigenvalue weighted by Gasteiger charge is -2.26. The molecule has 1 saturated heterocycles. The minimum absolute atomic E-state index is 0.0427. The van der Waals surface area contributed by atoms with Gasteiger partial charge in [0.15, 0.2) is 0 Å². The Morgan fingerprint density at radius 1 is 1.35 bits per heavy atom. The van der Waals surface area contributed by atoms with Crippen molar-refractivity contribution in [3.05, 3.63) is 0 Å². The van der Waals surface area contributed by atoms with Crippen molar-refractivity contribution >= 4 is 0 Å². The molecule has 0 aromatic rings. The molecule has 0 spiro atoms. The number of nitrogens with two attached hydrogens (primary N) is 1. The fraction of sp³-hybridized carbons (Fsp3) is 1.00. The molecule has 1 aliphatic rings. The standard InChI is InChI=1S/C14H29NO2/c1-14(2,16-3)10-9-12(15)7-8-13-6-4-5-11-17-13/h12-13H,4-11,15H2,1-3H3. The summed E-state index contributed by atoms with van der Waals surface area (Å²) in [5.74, 6) is 0. The molecule has 2 unspecified atom stereocenters. The molecule has 0 aliphatic carbocycles. The summed E-state index contributed by atoms with van der Waals surface area (Å²) in [5.41, 5.74) is 6.10. The maximum Gasteiger partial charge on any atom is 0.0623 e. The van der Waals surface area contributed by atoms with Gasteiger partial charge in [0.2, 0.25) is 0 Å². The van der Waals surface area contributed by atoms with Gasteiger partial charge in [-0.05, 0) is 58.8 Å². The molecule has 2 N–H and O–H groups in total. The first kappa shape index (κ1) is 14.9. The zero-order chi connectivity index (χ0) is 12.7. The molecule has 0 radical (unpaired) electrons. The molecule has 3 heteroatoms. The molecule has 3 nitrogen and oxygen atoms in total. The third-order valence-corrected chi connectivity index (χ3v) is 3.80. The maximum atomic E-state index is 6.14. The Hall–Kier alpha value is -0.120. The quantitative estimate of drug-likeness (QED) is 0.748. The van der Waals surface area contributed by atoms with Crippen LogP contribution in [0.25, 0.3) is 0 Å². The van der Waals surface area contributed by atoms with E-state index in [1.165, 1.54) is 19.3 Å². The van der Waals surface area contributed by atoms with Crippen LogP contribution in [0.4, 0.5) is 0 Å². The molecule has 17 heavy (non-hydrogen) atoms. The third kappa shape index (κ3) is 6.39. The highest BCUT2D eigenvalue weighted by atomic mass is 16.5. The van der Waals surface area contributed by atoms with Crippen LogP contribution in [0.3, 0.4) is 0 Å². The largest absolute Gasteiger partial charge is 0.379 e. The summed E-state index contributed by atoms with van der Waals surface area (Å²) in [6, 6.07) is 0.287. The first-order chi connectivity index (χ1) is 8.03. The second-order valence-electron chi connectivity index (χ2n) is 5.83. The maximum absolute atomic E-state index is 6.14. The predicted molar refractivity (Wildman–Crippen MR) is 71.1 cm³/mol. The second-order valence-corrected chi connectivity index (χ2v) is 5.83. The van der Waals surface area contributed by atoms with E-state index < -0.39 is 0 Å². The van der Waals surface area contributed by atoms with Gasteiger partial charge in [0.1, 0.15) is 0 Å². The highest BCUT2D eigenvalue weighted by molar-refractivity contribution is 4.74. The Morgan fingerprint density at radius 3 is 2.71 bits per heavy atom. The van der Waals surface area contributed by atoms with Gasteiger partial charge in [0, 0.05) is 19.8 Å². The molecule has 0 amide bonds. The van der Waals surface area contributed by atoms with Crippen molar-refractivity contribution in [2.24, 2.45) is 5.73 Å². The number of methoxy groups -OCH3 is 1. The van der Waals surface area contributed by atoms with Crippen molar-refractivity contribution < 1.29 is 9.47 Å². The number of hydrogen-bond donors (Lipinski definition) is 1. The van der Waals surface area contributed by atoms with E-state index in [-0.39, 0.29) is 11.6 Å². The van der Waals surface area contributed by atoms with Crippen molar-refractivity contribution in [1.82, 2.24) is 0 Å². The van der Waals surface area contributed by atoms with Crippen LogP contribution >= 0.6 is 0 Å². The molecule has 102 valence electrons. The average molecular weight is 243 g/mol. The van der Waals surface area contributed by atoms with Crippen molar-refractivity contribution in [3.8, 4) is 0 Å². The van der Waals surface area contributed by atoms with Crippen LogP contribution in [0.2, 0.25) is 0 Å². The highest BCUT2D eigenvalue weighted by Gasteiger charge is 2.19. The fourth-order valence-corrected chi connectivity index (χ4v) is 2.21. The second kappa shape index (κ2) is 7.34. The lowest BCUT2D eigenvalue weighted by Crippen LogP contribution is -2.29. The van der Waals surface area contributed by atoms with Crippen molar-refractivity contribution in [3.63, 3.8) is 0 Å². The first-order valence-electron chi connectivity index (χ1n) is 6.96. The van der Waals surface area contributed by atoms with Crippen LogP contribution in [-0.4, -0.2) is 31.5 Å². The lowest BCUT2D eigenvalue weighted by atomic mass is 9.95. The van der Waals surface area contributed by atoms with Gasteiger partial charge in [-0.25, -0.2) is 0 Å². The molecule has 2 atom stereocenters. The monoisotopic (exact) mass is 243 g/mol.